The minimum absolute atomic E-state index is 0.0138. The second-order valence-corrected chi connectivity index (χ2v) is 8.99. The number of carbonyl (C=O) groups is 1. The van der Waals surface area contributed by atoms with Gasteiger partial charge >= 0.3 is 41.8 Å². The van der Waals surface area contributed by atoms with Gasteiger partial charge in [-0.3, -0.25) is 0 Å². The normalized spacial score (nSPS) is 13.9. The van der Waals surface area contributed by atoms with Crippen molar-refractivity contribution in [3.05, 3.63) is 59.7 Å². The second-order valence-electron chi connectivity index (χ2n) is 7.83. The first-order valence-corrected chi connectivity index (χ1v) is 11.0. The van der Waals surface area contributed by atoms with Crippen LogP contribution < -0.4 is 4.74 Å². The summed E-state index contributed by atoms with van der Waals surface area (Å²) in [5, 5.41) is 0. The SMILES string of the molecule is Cc1ccc(C(=O)Oc2ccc(SCCC(F)(F)C(F)(F)C(F)(F)C(F)(F)C(F)(F)C(F)(F)F)cc2)cc1. The van der Waals surface area contributed by atoms with Gasteiger partial charge in [-0.2, -0.15) is 57.1 Å². The van der Waals surface area contributed by atoms with E-state index in [0.717, 1.165) is 29.8 Å². The fourth-order valence-electron chi connectivity index (χ4n) is 2.72. The molecule has 2 nitrogen and oxygen atoms in total. The number of alkyl halides is 13. The molecule has 0 aliphatic carbocycles. The first kappa shape index (κ1) is 31.6. The number of halogens is 13. The van der Waals surface area contributed by atoms with E-state index in [2.05, 4.69) is 0 Å². The highest BCUT2D eigenvalue weighted by Crippen LogP contribution is 2.60. The lowest BCUT2D eigenvalue weighted by Gasteiger charge is -2.39. The Hall–Kier alpha value is -2.65. The Morgan fingerprint density at radius 2 is 1.16 bits per heavy atom. The highest BCUT2D eigenvalue weighted by Gasteiger charge is 2.90. The van der Waals surface area contributed by atoms with Crippen LogP contribution in [-0.2, 0) is 0 Å². The van der Waals surface area contributed by atoms with Crippen molar-refractivity contribution in [1.82, 2.24) is 0 Å². The molecule has 212 valence electrons. The Bertz CT molecular complexity index is 1110. The standard InChI is InChI=1S/C22H15F13O2S/c1-12-2-4-13(5-3-12)16(36)37-14-6-8-15(9-7-14)38-11-10-17(23,24)18(25,26)19(27,28)20(29,30)21(31,32)22(33,34)35/h2-9H,10-11H2,1H3. The number of hydrogen-bond donors (Lipinski definition) is 0. The summed E-state index contributed by atoms with van der Waals surface area (Å²) >= 11 is 0.303. The van der Waals surface area contributed by atoms with Crippen LogP contribution in [0.1, 0.15) is 22.3 Å². The summed E-state index contributed by atoms with van der Waals surface area (Å²) in [5.74, 6) is -38.9. The Balaban J connectivity index is 2.07. The number of aryl methyl sites for hydroxylation is 1. The smallest absolute Gasteiger partial charge is 0.423 e. The van der Waals surface area contributed by atoms with Gasteiger partial charge in [0, 0.05) is 17.1 Å². The lowest BCUT2D eigenvalue weighted by molar-refractivity contribution is -0.439. The molecule has 0 radical (unpaired) electrons. The molecular weight excluding hydrogens is 575 g/mol. The predicted octanol–water partition coefficient (Wildman–Crippen LogP) is 8.44. The van der Waals surface area contributed by atoms with Crippen LogP contribution in [0.2, 0.25) is 0 Å². The predicted molar refractivity (Wildman–Crippen MR) is 109 cm³/mol. The van der Waals surface area contributed by atoms with E-state index in [1.165, 1.54) is 12.1 Å². The molecule has 0 saturated carbocycles. The summed E-state index contributed by atoms with van der Waals surface area (Å²) in [5.41, 5.74) is 1.05. The Kier molecular flexibility index (Phi) is 8.71. The first-order chi connectivity index (χ1) is 17.1. The van der Waals surface area contributed by atoms with E-state index < -0.39 is 53.9 Å². The molecule has 2 aromatic carbocycles. The molecule has 0 saturated heterocycles. The molecule has 0 amide bonds. The number of ether oxygens (including phenoxy) is 1. The van der Waals surface area contributed by atoms with Crippen molar-refractivity contribution in [3.8, 4) is 5.75 Å². The van der Waals surface area contributed by atoms with Gasteiger partial charge in [0.1, 0.15) is 5.75 Å². The van der Waals surface area contributed by atoms with Gasteiger partial charge in [0.15, 0.2) is 0 Å². The average Bonchev–Trinajstić information content (AvgIpc) is 2.79. The molecule has 2 rings (SSSR count). The van der Waals surface area contributed by atoms with Gasteiger partial charge < -0.3 is 4.74 Å². The molecule has 16 heteroatoms. The van der Waals surface area contributed by atoms with E-state index in [1.54, 1.807) is 19.1 Å². The third-order valence-electron chi connectivity index (χ3n) is 5.00. The van der Waals surface area contributed by atoms with Gasteiger partial charge in [-0.25, -0.2) is 4.79 Å². The molecule has 0 atom stereocenters. The van der Waals surface area contributed by atoms with Gasteiger partial charge in [0.05, 0.1) is 5.56 Å². The number of rotatable bonds is 10. The Morgan fingerprint density at radius 3 is 1.63 bits per heavy atom. The first-order valence-electron chi connectivity index (χ1n) is 10.1. The molecule has 38 heavy (non-hydrogen) atoms. The van der Waals surface area contributed by atoms with Crippen molar-refractivity contribution in [2.45, 2.75) is 54.0 Å². The van der Waals surface area contributed by atoms with Crippen LogP contribution in [0.4, 0.5) is 57.1 Å². The van der Waals surface area contributed by atoms with Crippen LogP contribution in [0.15, 0.2) is 53.4 Å². The van der Waals surface area contributed by atoms with E-state index in [1.807, 2.05) is 0 Å². The quantitative estimate of drug-likeness (QED) is 0.120. The minimum Gasteiger partial charge on any atom is -0.423 e. The van der Waals surface area contributed by atoms with Gasteiger partial charge in [0.2, 0.25) is 0 Å². The van der Waals surface area contributed by atoms with Crippen molar-refractivity contribution in [2.75, 3.05) is 5.75 Å². The molecule has 0 heterocycles. The van der Waals surface area contributed by atoms with Crippen LogP contribution in [0.25, 0.3) is 0 Å². The largest absolute Gasteiger partial charge is 0.460 e. The van der Waals surface area contributed by atoms with Crippen molar-refractivity contribution in [1.29, 1.82) is 0 Å². The summed E-state index contributed by atoms with van der Waals surface area (Å²) in [4.78, 5) is 12.1. The summed E-state index contributed by atoms with van der Waals surface area (Å²) in [7, 11) is 0. The maximum Gasteiger partial charge on any atom is 0.460 e. The van der Waals surface area contributed by atoms with E-state index in [-0.39, 0.29) is 16.2 Å². The summed E-state index contributed by atoms with van der Waals surface area (Å²) < 4.78 is 176. The van der Waals surface area contributed by atoms with Gasteiger partial charge in [-0.05, 0) is 43.3 Å². The van der Waals surface area contributed by atoms with Gasteiger partial charge in [-0.15, -0.1) is 11.8 Å². The summed E-state index contributed by atoms with van der Waals surface area (Å²) in [6.45, 7) is 1.77. The van der Waals surface area contributed by atoms with E-state index in [4.69, 9.17) is 4.74 Å². The lowest BCUT2D eigenvalue weighted by Crippen LogP contribution is -2.70. The number of carbonyl (C=O) groups excluding carboxylic acids is 1. The van der Waals surface area contributed by atoms with Crippen LogP contribution in [0.5, 0.6) is 5.75 Å². The molecule has 0 aliphatic heterocycles. The van der Waals surface area contributed by atoms with Crippen LogP contribution >= 0.6 is 11.8 Å². The van der Waals surface area contributed by atoms with E-state index in [0.29, 0.717) is 11.8 Å². The minimum atomic E-state index is -7.91. The van der Waals surface area contributed by atoms with E-state index >= 15 is 0 Å². The zero-order chi connectivity index (χ0) is 29.4. The molecule has 0 unspecified atom stereocenters. The third kappa shape index (κ3) is 5.83. The molecule has 0 aliphatic rings. The third-order valence-corrected chi connectivity index (χ3v) is 6.02. The van der Waals surface area contributed by atoms with Crippen molar-refractivity contribution in [2.24, 2.45) is 0 Å². The van der Waals surface area contributed by atoms with Crippen molar-refractivity contribution >= 4 is 17.7 Å². The monoisotopic (exact) mass is 590 g/mol. The van der Waals surface area contributed by atoms with Crippen LogP contribution in [0.3, 0.4) is 0 Å². The number of esters is 1. The second kappa shape index (κ2) is 10.5. The zero-order valence-corrected chi connectivity index (χ0v) is 19.5. The highest BCUT2D eigenvalue weighted by molar-refractivity contribution is 7.99. The zero-order valence-electron chi connectivity index (χ0n) is 18.7. The number of hydrogen-bond acceptors (Lipinski definition) is 3. The molecule has 0 N–H and O–H groups in total. The Morgan fingerprint density at radius 1 is 0.684 bits per heavy atom. The average molecular weight is 590 g/mol. The molecule has 0 aromatic heterocycles. The molecular formula is C22H15F13O2S. The van der Waals surface area contributed by atoms with Crippen LogP contribution in [0, 0.1) is 6.92 Å². The highest BCUT2D eigenvalue weighted by atomic mass is 32.2. The van der Waals surface area contributed by atoms with E-state index in [9.17, 15) is 61.9 Å². The molecule has 0 fully saturated rings. The molecule has 2 aromatic rings. The number of benzene rings is 2. The summed E-state index contributed by atoms with van der Waals surface area (Å²) in [6.07, 6.45) is -9.75. The topological polar surface area (TPSA) is 26.3 Å². The number of thioether (sulfide) groups is 1. The van der Waals surface area contributed by atoms with Gasteiger partial charge in [-0.1, -0.05) is 17.7 Å². The van der Waals surface area contributed by atoms with Gasteiger partial charge in [0.25, 0.3) is 0 Å². The molecule has 0 bridgehead atoms. The fraction of sp³-hybridized carbons (Fsp3) is 0.409. The fourth-order valence-corrected chi connectivity index (χ4v) is 3.64. The van der Waals surface area contributed by atoms with Crippen LogP contribution in [-0.4, -0.2) is 47.5 Å². The lowest BCUT2D eigenvalue weighted by atomic mass is 9.93. The summed E-state index contributed by atoms with van der Waals surface area (Å²) in [6, 6.07) is 10.8. The molecule has 0 spiro atoms. The Labute approximate surface area is 210 Å². The van der Waals surface area contributed by atoms with Crippen molar-refractivity contribution < 1.29 is 66.6 Å². The maximum absolute atomic E-state index is 13.8. The maximum atomic E-state index is 13.8. The van der Waals surface area contributed by atoms with Crippen molar-refractivity contribution in [3.63, 3.8) is 0 Å².